The van der Waals surface area contributed by atoms with Gasteiger partial charge >= 0.3 is 12.3 Å². The number of hydrogen-bond acceptors (Lipinski definition) is 4. The van der Waals surface area contributed by atoms with Crippen LogP contribution in [0.3, 0.4) is 0 Å². The maximum absolute atomic E-state index is 12.7. The molecule has 0 saturated carbocycles. The molecule has 0 aromatic heterocycles. The molecule has 0 radical (unpaired) electrons. The molecule has 0 bridgehead atoms. The van der Waals surface area contributed by atoms with E-state index in [1.54, 1.807) is 20.8 Å². The fraction of sp³-hybridized carbons (Fsp3) is 0.526. The van der Waals surface area contributed by atoms with Gasteiger partial charge in [0.1, 0.15) is 5.60 Å². The van der Waals surface area contributed by atoms with Gasteiger partial charge in [-0.25, -0.2) is 4.79 Å². The first kappa shape index (κ1) is 22.5. The molecule has 160 valence electrons. The molecule has 1 fully saturated rings. The van der Waals surface area contributed by atoms with Gasteiger partial charge in [-0.1, -0.05) is 6.07 Å². The molecule has 7 nitrogen and oxygen atoms in total. The number of hydrogen-bond donors (Lipinski definition) is 2. The fourth-order valence-corrected chi connectivity index (χ4v) is 2.76. The van der Waals surface area contributed by atoms with Gasteiger partial charge in [-0.2, -0.15) is 13.2 Å². The topological polar surface area (TPSA) is 87.7 Å². The maximum Gasteiger partial charge on any atom is 0.416 e. The second-order valence-corrected chi connectivity index (χ2v) is 7.76. The van der Waals surface area contributed by atoms with Crippen LogP contribution in [0.5, 0.6) is 0 Å². The zero-order valence-electron chi connectivity index (χ0n) is 16.4. The van der Waals surface area contributed by atoms with Gasteiger partial charge in [0.05, 0.1) is 18.0 Å². The summed E-state index contributed by atoms with van der Waals surface area (Å²) in [6.45, 7) is 5.38. The van der Waals surface area contributed by atoms with Crippen LogP contribution in [-0.2, 0) is 20.5 Å². The molecule has 29 heavy (non-hydrogen) atoms. The first-order valence-electron chi connectivity index (χ1n) is 9.08. The predicted molar refractivity (Wildman–Crippen MR) is 99.0 cm³/mol. The third-order valence-electron chi connectivity index (χ3n) is 4.11. The molecule has 1 aliphatic heterocycles. The molecule has 1 aromatic rings. The molecule has 10 heteroatoms. The summed E-state index contributed by atoms with van der Waals surface area (Å²) in [5.41, 5.74) is -1.54. The standard InChI is InChI=1S/C19H24F3N3O4/c1-18(2,3)29-17(28)25-8-7-12(11-25)16(27)23-10-15(26)24-14-6-4-5-13(9-14)19(20,21)22/h4-6,9,12H,7-8,10-11H2,1-3H3,(H,23,27)(H,24,26)/t12-/m1/s1. The monoisotopic (exact) mass is 415 g/mol. The van der Waals surface area contributed by atoms with Crippen LogP contribution in [0.15, 0.2) is 24.3 Å². The average Bonchev–Trinajstić information content (AvgIpc) is 3.08. The molecule has 1 heterocycles. The van der Waals surface area contributed by atoms with Crippen LogP contribution in [-0.4, -0.2) is 48.0 Å². The maximum atomic E-state index is 12.7. The zero-order chi connectivity index (χ0) is 21.8. The smallest absolute Gasteiger partial charge is 0.416 e. The Kier molecular flexibility index (Phi) is 6.76. The van der Waals surface area contributed by atoms with Gasteiger partial charge in [-0.05, 0) is 45.4 Å². The number of likely N-dealkylation sites (tertiary alicyclic amines) is 1. The van der Waals surface area contributed by atoms with Crippen molar-refractivity contribution in [3.05, 3.63) is 29.8 Å². The van der Waals surface area contributed by atoms with Gasteiger partial charge in [0.25, 0.3) is 0 Å². The van der Waals surface area contributed by atoms with E-state index in [2.05, 4.69) is 10.6 Å². The minimum Gasteiger partial charge on any atom is -0.444 e. The summed E-state index contributed by atoms with van der Waals surface area (Å²) in [5, 5.41) is 4.76. The van der Waals surface area contributed by atoms with Crippen LogP contribution >= 0.6 is 0 Å². The number of ether oxygens (including phenoxy) is 1. The number of nitrogens with zero attached hydrogens (tertiary/aromatic N) is 1. The summed E-state index contributed by atoms with van der Waals surface area (Å²) >= 11 is 0. The predicted octanol–water partition coefficient (Wildman–Crippen LogP) is 3.02. The minimum absolute atomic E-state index is 0.0176. The molecular weight excluding hydrogens is 391 g/mol. The Balaban J connectivity index is 1.81. The molecule has 1 aliphatic rings. The van der Waals surface area contributed by atoms with Crippen LogP contribution in [0.1, 0.15) is 32.8 Å². The summed E-state index contributed by atoms with van der Waals surface area (Å²) in [6.07, 6.45) is -4.59. The first-order valence-corrected chi connectivity index (χ1v) is 9.08. The van der Waals surface area contributed by atoms with Crippen LogP contribution in [0.4, 0.5) is 23.7 Å². The largest absolute Gasteiger partial charge is 0.444 e. The Labute approximate surface area is 166 Å². The summed E-state index contributed by atoms with van der Waals surface area (Å²) in [5.74, 6) is -1.54. The molecule has 0 aliphatic carbocycles. The lowest BCUT2D eigenvalue weighted by molar-refractivity contribution is -0.137. The molecule has 0 unspecified atom stereocenters. The number of carbonyl (C=O) groups is 3. The number of nitrogens with one attached hydrogen (secondary N) is 2. The van der Waals surface area contributed by atoms with E-state index in [0.29, 0.717) is 13.0 Å². The van der Waals surface area contributed by atoms with Crippen molar-refractivity contribution < 1.29 is 32.3 Å². The second kappa shape index (κ2) is 8.71. The normalized spacial score (nSPS) is 17.0. The van der Waals surface area contributed by atoms with E-state index in [4.69, 9.17) is 4.74 Å². The summed E-state index contributed by atoms with van der Waals surface area (Å²) in [4.78, 5) is 37.6. The van der Waals surface area contributed by atoms with Crippen molar-refractivity contribution in [3.63, 3.8) is 0 Å². The van der Waals surface area contributed by atoms with Crippen molar-refractivity contribution >= 4 is 23.6 Å². The summed E-state index contributed by atoms with van der Waals surface area (Å²) in [6, 6.07) is 4.22. The molecule has 0 spiro atoms. The molecule has 3 amide bonds. The van der Waals surface area contributed by atoms with Gasteiger partial charge in [0.2, 0.25) is 11.8 Å². The van der Waals surface area contributed by atoms with Crippen molar-refractivity contribution in [2.24, 2.45) is 5.92 Å². The Morgan fingerprint density at radius 3 is 2.52 bits per heavy atom. The lowest BCUT2D eigenvalue weighted by Crippen LogP contribution is -2.39. The van der Waals surface area contributed by atoms with E-state index in [-0.39, 0.29) is 12.2 Å². The molecule has 1 saturated heterocycles. The minimum atomic E-state index is -4.52. The Hall–Kier alpha value is -2.78. The van der Waals surface area contributed by atoms with Gasteiger partial charge < -0.3 is 20.3 Å². The third kappa shape index (κ3) is 6.95. The zero-order valence-corrected chi connectivity index (χ0v) is 16.4. The first-order chi connectivity index (χ1) is 13.3. The van der Waals surface area contributed by atoms with Gasteiger partial charge in [-0.3, -0.25) is 9.59 Å². The molecule has 1 atom stereocenters. The average molecular weight is 415 g/mol. The number of rotatable bonds is 4. The third-order valence-corrected chi connectivity index (χ3v) is 4.11. The summed E-state index contributed by atoms with van der Waals surface area (Å²) in [7, 11) is 0. The van der Waals surface area contributed by atoms with Crippen LogP contribution in [0.2, 0.25) is 0 Å². The van der Waals surface area contributed by atoms with E-state index in [0.717, 1.165) is 12.1 Å². The van der Waals surface area contributed by atoms with Crippen molar-refractivity contribution in [1.29, 1.82) is 0 Å². The SMILES string of the molecule is CC(C)(C)OC(=O)N1CC[C@@H](C(=O)NCC(=O)Nc2cccc(C(F)(F)F)c2)C1. The number of amides is 3. The molecule has 2 N–H and O–H groups in total. The van der Waals surface area contributed by atoms with E-state index < -0.39 is 47.7 Å². The van der Waals surface area contributed by atoms with Gasteiger partial charge in [0.15, 0.2) is 0 Å². The number of halogens is 3. The highest BCUT2D eigenvalue weighted by Gasteiger charge is 2.33. The van der Waals surface area contributed by atoms with E-state index >= 15 is 0 Å². The van der Waals surface area contributed by atoms with Crippen LogP contribution in [0.25, 0.3) is 0 Å². The van der Waals surface area contributed by atoms with E-state index in [1.807, 2.05) is 0 Å². The Morgan fingerprint density at radius 1 is 1.21 bits per heavy atom. The summed E-state index contributed by atoms with van der Waals surface area (Å²) < 4.78 is 43.4. The highest BCUT2D eigenvalue weighted by atomic mass is 19.4. The lowest BCUT2D eigenvalue weighted by atomic mass is 10.1. The van der Waals surface area contributed by atoms with E-state index in [1.165, 1.54) is 17.0 Å². The molecule has 1 aromatic carbocycles. The highest BCUT2D eigenvalue weighted by molar-refractivity contribution is 5.95. The van der Waals surface area contributed by atoms with Crippen LogP contribution in [0, 0.1) is 5.92 Å². The number of benzene rings is 1. The van der Waals surface area contributed by atoms with Crippen molar-refractivity contribution in [1.82, 2.24) is 10.2 Å². The second-order valence-electron chi connectivity index (χ2n) is 7.76. The molecule has 2 rings (SSSR count). The van der Waals surface area contributed by atoms with Gasteiger partial charge in [-0.15, -0.1) is 0 Å². The van der Waals surface area contributed by atoms with E-state index in [9.17, 15) is 27.6 Å². The fourth-order valence-electron chi connectivity index (χ4n) is 2.76. The number of carbonyl (C=O) groups excluding carboxylic acids is 3. The highest BCUT2D eigenvalue weighted by Crippen LogP contribution is 2.30. The van der Waals surface area contributed by atoms with Crippen molar-refractivity contribution in [3.8, 4) is 0 Å². The van der Waals surface area contributed by atoms with Crippen molar-refractivity contribution in [2.45, 2.75) is 39.0 Å². The Morgan fingerprint density at radius 2 is 1.90 bits per heavy atom. The number of alkyl halides is 3. The number of anilines is 1. The van der Waals surface area contributed by atoms with Crippen molar-refractivity contribution in [2.75, 3.05) is 25.0 Å². The van der Waals surface area contributed by atoms with Crippen LogP contribution < -0.4 is 10.6 Å². The molecular formula is C19H24F3N3O4. The lowest BCUT2D eigenvalue weighted by Gasteiger charge is -2.24. The Bertz CT molecular complexity index is 775. The quantitative estimate of drug-likeness (QED) is 0.791. The van der Waals surface area contributed by atoms with Gasteiger partial charge in [0, 0.05) is 18.8 Å².